The van der Waals surface area contributed by atoms with Gasteiger partial charge in [0.1, 0.15) is 0 Å². The summed E-state index contributed by atoms with van der Waals surface area (Å²) in [6.45, 7) is 0. The Morgan fingerprint density at radius 3 is 1.13 bits per heavy atom. The molecule has 0 bridgehead atoms. The van der Waals surface area contributed by atoms with E-state index in [1.807, 2.05) is 0 Å². The minimum atomic E-state index is -2.76. The number of para-hydroxylation sites is 2. The van der Waals surface area contributed by atoms with Crippen LogP contribution in [0.3, 0.4) is 0 Å². The van der Waals surface area contributed by atoms with Gasteiger partial charge in [-0.3, -0.25) is 0 Å². The molecule has 7 aromatic carbocycles. The molecule has 0 N–H and O–H groups in total. The molecule has 2 aliphatic rings. The van der Waals surface area contributed by atoms with Crippen LogP contribution in [0, 0.1) is 0 Å². The van der Waals surface area contributed by atoms with E-state index in [4.69, 9.17) is 0 Å². The Bertz CT molecular complexity index is 2510. The molecule has 0 radical (unpaired) electrons. The second-order valence-electron chi connectivity index (χ2n) is 12.4. The van der Waals surface area contributed by atoms with Gasteiger partial charge in [-0.2, -0.15) is 0 Å². The molecule has 3 heteroatoms. The van der Waals surface area contributed by atoms with Crippen LogP contribution in [-0.4, -0.2) is 17.2 Å². The van der Waals surface area contributed by atoms with Gasteiger partial charge >= 0.3 is 0 Å². The summed E-state index contributed by atoms with van der Waals surface area (Å²) in [6, 6.07) is 59.3. The molecular weight excluding hydrogens is 561 g/mol. The summed E-state index contributed by atoms with van der Waals surface area (Å²) in [5, 5.41) is 11.6. The van der Waals surface area contributed by atoms with Gasteiger partial charge in [0.2, 0.25) is 0 Å². The van der Waals surface area contributed by atoms with Crippen molar-refractivity contribution in [3.8, 4) is 22.5 Å². The quantitative estimate of drug-likeness (QED) is 0.185. The zero-order valence-electron chi connectivity index (χ0n) is 24.4. The first kappa shape index (κ1) is 23.8. The van der Waals surface area contributed by atoms with E-state index in [1.165, 1.54) is 86.9 Å². The molecule has 9 aromatic rings. The van der Waals surface area contributed by atoms with Gasteiger partial charge in [0, 0.05) is 32.9 Å². The number of rotatable bonds is 2. The number of hydrogen-bond donors (Lipinski definition) is 0. The monoisotopic (exact) mass is 586 g/mol. The van der Waals surface area contributed by atoms with Crippen molar-refractivity contribution >= 4 is 72.4 Å². The minimum Gasteiger partial charge on any atom is -0.309 e. The fraction of sp³-hybridized carbons (Fsp3) is 0. The van der Waals surface area contributed by atoms with Crippen molar-refractivity contribution in [3.05, 3.63) is 158 Å². The van der Waals surface area contributed by atoms with E-state index in [2.05, 4.69) is 167 Å². The lowest BCUT2D eigenvalue weighted by molar-refractivity contribution is 1.17. The molecule has 11 rings (SSSR count). The van der Waals surface area contributed by atoms with E-state index < -0.39 is 8.07 Å². The third-order valence-corrected chi connectivity index (χ3v) is 15.4. The highest BCUT2D eigenvalue weighted by molar-refractivity contribution is 7.24. The maximum atomic E-state index is 2.50. The van der Waals surface area contributed by atoms with Crippen LogP contribution in [0.2, 0.25) is 0 Å². The third kappa shape index (κ3) is 2.69. The highest BCUT2D eigenvalue weighted by atomic mass is 28.3. The van der Waals surface area contributed by atoms with Gasteiger partial charge in [-0.1, -0.05) is 109 Å². The molecule has 0 amide bonds. The van der Waals surface area contributed by atoms with E-state index in [1.54, 1.807) is 0 Å². The van der Waals surface area contributed by atoms with E-state index in [-0.39, 0.29) is 0 Å². The van der Waals surface area contributed by atoms with Gasteiger partial charge in [0.25, 0.3) is 0 Å². The molecule has 1 spiro atoms. The maximum absolute atomic E-state index is 2.76. The topological polar surface area (TPSA) is 9.86 Å². The van der Waals surface area contributed by atoms with Crippen molar-refractivity contribution in [2.24, 2.45) is 0 Å². The van der Waals surface area contributed by atoms with Crippen LogP contribution in [-0.2, 0) is 0 Å². The number of fused-ring (bicyclic) bond motifs is 7. The lowest BCUT2D eigenvalue weighted by Gasteiger charge is -2.32. The summed E-state index contributed by atoms with van der Waals surface area (Å²) in [7, 11) is -2.76. The first-order valence-corrected chi connectivity index (χ1v) is 17.7. The lowest BCUT2D eigenvalue weighted by atomic mass is 10.1. The lowest BCUT2D eigenvalue weighted by Crippen LogP contribution is -2.72. The predicted molar refractivity (Wildman–Crippen MR) is 191 cm³/mol. The molecule has 0 fully saturated rings. The summed E-state index contributed by atoms with van der Waals surface area (Å²) in [6.07, 6.45) is 0. The van der Waals surface area contributed by atoms with Gasteiger partial charge in [0.15, 0.2) is 8.07 Å². The fourth-order valence-electron chi connectivity index (χ4n) is 8.99. The highest BCUT2D eigenvalue weighted by Crippen LogP contribution is 2.45. The molecule has 0 atom stereocenters. The fourth-order valence-corrected chi connectivity index (χ4v) is 14.6. The van der Waals surface area contributed by atoms with E-state index in [9.17, 15) is 0 Å². The zero-order chi connectivity index (χ0) is 29.3. The highest BCUT2D eigenvalue weighted by Gasteiger charge is 2.51. The van der Waals surface area contributed by atoms with Crippen molar-refractivity contribution in [2.45, 2.75) is 0 Å². The standard InChI is InChI=1S/C42H26N2Si/c1-3-13-27(14-4-1)43-31-19-11-23-37-39(31)41-33(43)25-26-34-42(41)40-32(44(34)28-15-5-2-6-16-28)20-12-24-38(40)45(37)35-21-9-7-17-29(35)30-18-8-10-22-36(30)45/h1-26H. The second-order valence-corrected chi connectivity index (χ2v) is 16.1. The van der Waals surface area contributed by atoms with E-state index >= 15 is 0 Å². The second kappa shape index (κ2) is 8.29. The van der Waals surface area contributed by atoms with E-state index in [0.29, 0.717) is 0 Å². The molecule has 0 saturated heterocycles. The third-order valence-electron chi connectivity index (χ3n) is 10.5. The summed E-state index contributed by atoms with van der Waals surface area (Å²) in [5.74, 6) is 0. The molecule has 208 valence electrons. The molecule has 4 heterocycles. The Morgan fingerprint density at radius 1 is 0.289 bits per heavy atom. The minimum absolute atomic E-state index is 1.20. The first-order valence-electron chi connectivity index (χ1n) is 15.7. The Morgan fingerprint density at radius 2 is 0.667 bits per heavy atom. The first-order chi connectivity index (χ1) is 22.4. The van der Waals surface area contributed by atoms with Crippen molar-refractivity contribution in [1.82, 2.24) is 9.13 Å². The molecule has 45 heavy (non-hydrogen) atoms. The van der Waals surface area contributed by atoms with Crippen molar-refractivity contribution < 1.29 is 0 Å². The Kier molecular flexibility index (Phi) is 4.38. The summed E-state index contributed by atoms with van der Waals surface area (Å²) in [5.41, 5.74) is 10.3. The van der Waals surface area contributed by atoms with Crippen LogP contribution < -0.4 is 20.7 Å². The normalized spacial score (nSPS) is 14.0. The zero-order valence-corrected chi connectivity index (χ0v) is 25.4. The summed E-state index contributed by atoms with van der Waals surface area (Å²) in [4.78, 5) is 0. The van der Waals surface area contributed by atoms with Crippen molar-refractivity contribution in [3.63, 3.8) is 0 Å². The molecule has 2 aromatic heterocycles. The number of benzene rings is 7. The van der Waals surface area contributed by atoms with E-state index in [0.717, 1.165) is 0 Å². The summed E-state index contributed by atoms with van der Waals surface area (Å²) < 4.78 is 5.00. The van der Waals surface area contributed by atoms with Crippen molar-refractivity contribution in [1.29, 1.82) is 0 Å². The average molecular weight is 587 g/mol. The largest absolute Gasteiger partial charge is 0.309 e. The molecular formula is C42H26N2Si. The van der Waals surface area contributed by atoms with Gasteiger partial charge in [-0.15, -0.1) is 0 Å². The average Bonchev–Trinajstić information content (AvgIpc) is 3.70. The van der Waals surface area contributed by atoms with Crippen LogP contribution in [0.4, 0.5) is 0 Å². The van der Waals surface area contributed by atoms with Gasteiger partial charge in [-0.25, -0.2) is 0 Å². The Hall–Kier alpha value is -5.64. The Balaban J connectivity index is 1.48. The van der Waals surface area contributed by atoms with Crippen LogP contribution in [0.5, 0.6) is 0 Å². The van der Waals surface area contributed by atoms with Crippen LogP contribution in [0.1, 0.15) is 0 Å². The number of aromatic nitrogens is 2. The van der Waals surface area contributed by atoms with Crippen LogP contribution in [0.25, 0.3) is 66.1 Å². The summed E-state index contributed by atoms with van der Waals surface area (Å²) >= 11 is 0. The molecule has 0 saturated carbocycles. The van der Waals surface area contributed by atoms with Crippen LogP contribution in [0.15, 0.2) is 158 Å². The van der Waals surface area contributed by atoms with Crippen molar-refractivity contribution in [2.75, 3.05) is 0 Å². The number of nitrogens with zero attached hydrogens (tertiary/aromatic N) is 2. The molecule has 0 aliphatic carbocycles. The number of hydrogen-bond acceptors (Lipinski definition) is 0. The Labute approximate surface area is 261 Å². The maximum Gasteiger partial charge on any atom is 0.182 e. The smallest absolute Gasteiger partial charge is 0.182 e. The molecule has 2 nitrogen and oxygen atoms in total. The van der Waals surface area contributed by atoms with Crippen LogP contribution >= 0.6 is 0 Å². The van der Waals surface area contributed by atoms with Gasteiger partial charge in [0.05, 0.1) is 22.1 Å². The molecule has 2 aliphatic heterocycles. The van der Waals surface area contributed by atoms with Gasteiger partial charge in [-0.05, 0) is 80.4 Å². The predicted octanol–water partition coefficient (Wildman–Crippen LogP) is 7.55. The SMILES string of the molecule is c1ccc(-n2c3cccc4c3c3c5c6c(cccc6n(-c6ccccc6)c5ccc32)[Si]42c3ccccc3-c3ccccc32)cc1. The van der Waals surface area contributed by atoms with Gasteiger partial charge < -0.3 is 9.13 Å². The molecule has 0 unspecified atom stereocenters.